The number of halogens is 1. The first kappa shape index (κ1) is 24.6. The zero-order valence-electron chi connectivity index (χ0n) is 22.2. The lowest BCUT2D eigenvalue weighted by Gasteiger charge is -2.57. The molecule has 0 saturated heterocycles. The van der Waals surface area contributed by atoms with Crippen molar-refractivity contribution in [1.82, 2.24) is 4.98 Å². The molecule has 1 aromatic rings. The van der Waals surface area contributed by atoms with E-state index in [1.54, 1.807) is 6.42 Å². The summed E-state index contributed by atoms with van der Waals surface area (Å²) in [5.41, 5.74) is 3.83. The second-order valence-corrected chi connectivity index (χ2v) is 17.0. The summed E-state index contributed by atoms with van der Waals surface area (Å²) in [6.45, 7) is 14.8. The van der Waals surface area contributed by atoms with Gasteiger partial charge in [-0.3, -0.25) is 4.98 Å². The Balaban J connectivity index is 1.27. The Morgan fingerprint density at radius 3 is 2.42 bits per heavy atom. The van der Waals surface area contributed by atoms with Gasteiger partial charge in [-0.25, -0.2) is 0 Å². The van der Waals surface area contributed by atoms with E-state index in [0.29, 0.717) is 10.8 Å². The van der Waals surface area contributed by atoms with Gasteiger partial charge in [0.1, 0.15) is 0 Å². The molecule has 4 saturated carbocycles. The maximum absolute atomic E-state index is 4.82. The first-order valence-corrected chi connectivity index (χ1v) is 15.2. The van der Waals surface area contributed by atoms with E-state index in [0.717, 1.165) is 41.4 Å². The fraction of sp³-hybridized carbons (Fsp3) is 0.839. The molecule has 184 valence electrons. The third-order valence-corrected chi connectivity index (χ3v) is 11.8. The number of pyridine rings is 1. The monoisotopic (exact) mass is 561 g/mol. The SMILES string of the molecule is C[C@H](Cc1ccc(C(C)(C)I)nc1)[C@H]1CC[C@H]2[C@@H]3CC[C@@H]4CC(C)(C)CC[C@@H]4[C@H]3CC[C@]12C. The molecule has 5 rings (SSSR count). The van der Waals surface area contributed by atoms with Crippen LogP contribution in [-0.2, 0) is 9.84 Å². The topological polar surface area (TPSA) is 12.9 Å². The van der Waals surface area contributed by atoms with Gasteiger partial charge in [0.05, 0.1) is 9.12 Å². The van der Waals surface area contributed by atoms with Crippen LogP contribution in [0.1, 0.15) is 111 Å². The van der Waals surface area contributed by atoms with Gasteiger partial charge in [-0.2, -0.15) is 0 Å². The summed E-state index contributed by atoms with van der Waals surface area (Å²) < 4.78 is 0.111. The highest BCUT2D eigenvalue weighted by molar-refractivity contribution is 14.1. The fourth-order valence-corrected chi connectivity index (χ4v) is 10.0. The molecule has 8 atom stereocenters. The van der Waals surface area contributed by atoms with Gasteiger partial charge in [0.2, 0.25) is 0 Å². The minimum absolute atomic E-state index is 0.111. The third-order valence-electron chi connectivity index (χ3n) is 11.2. The molecule has 4 fully saturated rings. The highest BCUT2D eigenvalue weighted by Gasteiger charge is 2.57. The maximum atomic E-state index is 4.82. The van der Waals surface area contributed by atoms with Crippen molar-refractivity contribution in [3.05, 3.63) is 29.6 Å². The van der Waals surface area contributed by atoms with Crippen molar-refractivity contribution in [2.75, 3.05) is 0 Å². The van der Waals surface area contributed by atoms with Crippen LogP contribution in [0.4, 0.5) is 0 Å². The molecular formula is C31H48IN. The van der Waals surface area contributed by atoms with Gasteiger partial charge in [0.25, 0.3) is 0 Å². The van der Waals surface area contributed by atoms with E-state index in [9.17, 15) is 0 Å². The minimum atomic E-state index is 0.111. The van der Waals surface area contributed by atoms with Crippen molar-refractivity contribution < 1.29 is 0 Å². The zero-order valence-corrected chi connectivity index (χ0v) is 24.3. The molecule has 0 unspecified atom stereocenters. The Morgan fingerprint density at radius 1 is 0.970 bits per heavy atom. The quantitative estimate of drug-likeness (QED) is 0.264. The van der Waals surface area contributed by atoms with E-state index in [1.807, 2.05) is 0 Å². The van der Waals surface area contributed by atoms with Crippen LogP contribution in [0.25, 0.3) is 0 Å². The van der Waals surface area contributed by atoms with Crippen molar-refractivity contribution in [1.29, 1.82) is 0 Å². The highest BCUT2D eigenvalue weighted by Crippen LogP contribution is 2.66. The zero-order chi connectivity index (χ0) is 23.6. The van der Waals surface area contributed by atoms with E-state index in [2.05, 4.69) is 82.5 Å². The van der Waals surface area contributed by atoms with Crippen LogP contribution < -0.4 is 0 Å². The summed E-state index contributed by atoms with van der Waals surface area (Å²) in [6, 6.07) is 4.62. The van der Waals surface area contributed by atoms with Gasteiger partial charge in [-0.15, -0.1) is 0 Å². The standard InChI is InChI=1S/C31H48IN/c1-20(17-21-7-12-28(33-19-21)30(4,5)32)26-10-11-27-25-9-8-22-18-29(2,3)15-13-23(22)24(25)14-16-31(26,27)6/h7,12,19-20,22-27H,8-11,13-18H2,1-6H3/t20-,22-,23+,24-,25-,26-,27+,31-/m1/s1. The van der Waals surface area contributed by atoms with Gasteiger partial charge in [-0.05, 0) is 142 Å². The van der Waals surface area contributed by atoms with Crippen LogP contribution in [-0.4, -0.2) is 4.98 Å². The molecule has 0 aliphatic heterocycles. The molecule has 1 heterocycles. The van der Waals surface area contributed by atoms with Gasteiger partial charge in [0, 0.05) is 6.20 Å². The molecule has 0 radical (unpaired) electrons. The predicted octanol–water partition coefficient (Wildman–Crippen LogP) is 9.23. The van der Waals surface area contributed by atoms with Crippen LogP contribution >= 0.6 is 22.6 Å². The Bertz CT molecular complexity index is 835. The van der Waals surface area contributed by atoms with E-state index in [-0.39, 0.29) is 3.42 Å². The molecule has 4 aliphatic carbocycles. The number of hydrogen-bond acceptors (Lipinski definition) is 1. The first-order chi connectivity index (χ1) is 15.5. The molecule has 0 spiro atoms. The lowest BCUT2D eigenvalue weighted by atomic mass is 9.48. The maximum Gasteiger partial charge on any atom is 0.0586 e. The second kappa shape index (κ2) is 8.77. The largest absolute Gasteiger partial charge is 0.260 e. The van der Waals surface area contributed by atoms with E-state index in [1.165, 1.54) is 69.0 Å². The first-order valence-electron chi connectivity index (χ1n) is 14.1. The van der Waals surface area contributed by atoms with Gasteiger partial charge in [-0.1, -0.05) is 56.4 Å². The summed E-state index contributed by atoms with van der Waals surface area (Å²) >= 11 is 2.50. The van der Waals surface area contributed by atoms with Gasteiger partial charge >= 0.3 is 0 Å². The van der Waals surface area contributed by atoms with Gasteiger partial charge in [0.15, 0.2) is 0 Å². The lowest BCUT2D eigenvalue weighted by Crippen LogP contribution is -2.49. The molecule has 0 bridgehead atoms. The summed E-state index contributed by atoms with van der Waals surface area (Å²) in [6.07, 6.45) is 17.0. The van der Waals surface area contributed by atoms with E-state index >= 15 is 0 Å². The predicted molar refractivity (Wildman–Crippen MR) is 149 cm³/mol. The normalized spacial score (nSPS) is 41.1. The molecular weight excluding hydrogens is 513 g/mol. The highest BCUT2D eigenvalue weighted by atomic mass is 127. The summed E-state index contributed by atoms with van der Waals surface area (Å²) in [7, 11) is 0. The minimum Gasteiger partial charge on any atom is -0.260 e. The molecule has 0 amide bonds. The second-order valence-electron chi connectivity index (χ2n) is 14.3. The third kappa shape index (κ3) is 4.57. The molecule has 1 aromatic heterocycles. The van der Waals surface area contributed by atoms with Gasteiger partial charge < -0.3 is 0 Å². The number of rotatable bonds is 4. The van der Waals surface area contributed by atoms with Crippen molar-refractivity contribution in [3.8, 4) is 0 Å². The van der Waals surface area contributed by atoms with Crippen molar-refractivity contribution >= 4 is 22.6 Å². The Hall–Kier alpha value is -0.120. The number of alkyl halides is 1. The van der Waals surface area contributed by atoms with E-state index < -0.39 is 0 Å². The Morgan fingerprint density at radius 2 is 1.73 bits per heavy atom. The smallest absolute Gasteiger partial charge is 0.0586 e. The Kier molecular flexibility index (Phi) is 6.53. The summed E-state index contributed by atoms with van der Waals surface area (Å²) in [5.74, 6) is 6.86. The Labute approximate surface area is 217 Å². The van der Waals surface area contributed by atoms with Crippen LogP contribution in [0, 0.1) is 52.3 Å². The summed E-state index contributed by atoms with van der Waals surface area (Å²) in [5, 5.41) is 0. The number of hydrogen-bond donors (Lipinski definition) is 0. The molecule has 33 heavy (non-hydrogen) atoms. The molecule has 0 aromatic carbocycles. The van der Waals surface area contributed by atoms with Crippen molar-refractivity contribution in [2.45, 2.75) is 109 Å². The molecule has 2 heteroatoms. The van der Waals surface area contributed by atoms with Crippen LogP contribution in [0.2, 0.25) is 0 Å². The van der Waals surface area contributed by atoms with E-state index in [4.69, 9.17) is 4.98 Å². The van der Waals surface area contributed by atoms with Crippen LogP contribution in [0.15, 0.2) is 18.3 Å². The summed E-state index contributed by atoms with van der Waals surface area (Å²) in [4.78, 5) is 4.82. The average Bonchev–Trinajstić information content (AvgIpc) is 3.10. The van der Waals surface area contributed by atoms with Crippen LogP contribution in [0.3, 0.4) is 0 Å². The van der Waals surface area contributed by atoms with Crippen molar-refractivity contribution in [2.24, 2.45) is 52.3 Å². The number of fused-ring (bicyclic) bond motifs is 5. The number of aromatic nitrogens is 1. The molecule has 0 N–H and O–H groups in total. The fourth-order valence-electron chi connectivity index (χ4n) is 9.69. The number of nitrogens with zero attached hydrogens (tertiary/aromatic N) is 1. The van der Waals surface area contributed by atoms with Crippen LogP contribution in [0.5, 0.6) is 0 Å². The average molecular weight is 562 g/mol. The lowest BCUT2D eigenvalue weighted by molar-refractivity contribution is -0.0807. The molecule has 4 aliphatic rings. The molecule has 1 nitrogen and oxygen atoms in total. The van der Waals surface area contributed by atoms with Crippen molar-refractivity contribution in [3.63, 3.8) is 0 Å².